The summed E-state index contributed by atoms with van der Waals surface area (Å²) >= 11 is 1.48. The van der Waals surface area contributed by atoms with Gasteiger partial charge in [0.25, 0.3) is 0 Å². The average molecular weight is 207 g/mol. The molecule has 0 N–H and O–H groups in total. The van der Waals surface area contributed by atoms with Crippen LogP contribution in [0.25, 0.3) is 6.08 Å². The Labute approximate surface area is 87.6 Å². The van der Waals surface area contributed by atoms with Gasteiger partial charge < -0.3 is 9.90 Å². The summed E-state index contributed by atoms with van der Waals surface area (Å²) in [5, 5.41) is 12.0. The van der Waals surface area contributed by atoms with E-state index in [1.165, 1.54) is 11.8 Å². The van der Waals surface area contributed by atoms with E-state index in [4.69, 9.17) is 0 Å². The first kappa shape index (κ1) is 10.9. The van der Waals surface area contributed by atoms with E-state index in [1.54, 1.807) is 0 Å². The average Bonchev–Trinajstić information content (AvgIpc) is 2.18. The quantitative estimate of drug-likeness (QED) is 0.687. The topological polar surface area (TPSA) is 40.1 Å². The highest BCUT2D eigenvalue weighted by Gasteiger charge is 1.86. The van der Waals surface area contributed by atoms with Crippen LogP contribution in [0.3, 0.4) is 0 Å². The van der Waals surface area contributed by atoms with Crippen molar-refractivity contribution in [3.05, 3.63) is 41.3 Å². The molecule has 74 valence electrons. The van der Waals surface area contributed by atoms with Gasteiger partial charge in [-0.05, 0) is 23.5 Å². The Morgan fingerprint density at radius 2 is 2.07 bits per heavy atom. The van der Waals surface area contributed by atoms with Crippen molar-refractivity contribution >= 4 is 23.8 Å². The van der Waals surface area contributed by atoms with E-state index < -0.39 is 5.97 Å². The lowest BCUT2D eigenvalue weighted by Crippen LogP contribution is -2.22. The SMILES string of the molecule is O=C([O-])CCS/C=C/c1ccccc1. The minimum Gasteiger partial charge on any atom is -0.550 e. The maximum Gasteiger partial charge on any atom is 0.0422 e. The van der Waals surface area contributed by atoms with E-state index in [0.29, 0.717) is 5.75 Å². The Bertz CT molecular complexity index is 306. The number of rotatable bonds is 5. The molecule has 1 aromatic rings. The molecule has 0 amide bonds. The van der Waals surface area contributed by atoms with Crippen LogP contribution in [0.4, 0.5) is 0 Å². The summed E-state index contributed by atoms with van der Waals surface area (Å²) < 4.78 is 0. The van der Waals surface area contributed by atoms with Gasteiger partial charge in [-0.3, -0.25) is 0 Å². The summed E-state index contributed by atoms with van der Waals surface area (Å²) in [5.74, 6) is -0.434. The van der Waals surface area contributed by atoms with E-state index >= 15 is 0 Å². The van der Waals surface area contributed by atoms with Crippen LogP contribution in [0.15, 0.2) is 35.7 Å². The monoisotopic (exact) mass is 207 g/mol. The highest BCUT2D eigenvalue weighted by molar-refractivity contribution is 8.02. The fraction of sp³-hybridized carbons (Fsp3) is 0.182. The third-order valence-corrected chi connectivity index (χ3v) is 2.35. The molecule has 0 aliphatic heterocycles. The molecular weight excluding hydrogens is 196 g/mol. The van der Waals surface area contributed by atoms with Crippen LogP contribution in [0.2, 0.25) is 0 Å². The molecule has 0 fully saturated rings. The molecule has 0 spiro atoms. The lowest BCUT2D eigenvalue weighted by molar-refractivity contribution is -0.305. The number of carboxylic acids is 1. The van der Waals surface area contributed by atoms with Crippen molar-refractivity contribution in [1.29, 1.82) is 0 Å². The van der Waals surface area contributed by atoms with Crippen molar-refractivity contribution in [2.24, 2.45) is 0 Å². The Morgan fingerprint density at radius 3 is 2.71 bits per heavy atom. The standard InChI is InChI=1S/C11H12O2S/c12-11(13)7-9-14-8-6-10-4-2-1-3-5-10/h1-6,8H,7,9H2,(H,12,13)/p-1/b8-6+. The first-order valence-electron chi connectivity index (χ1n) is 4.32. The van der Waals surface area contributed by atoms with Crippen LogP contribution in [-0.2, 0) is 4.79 Å². The number of hydrogen-bond acceptors (Lipinski definition) is 3. The first-order chi connectivity index (χ1) is 6.79. The predicted molar refractivity (Wildman–Crippen MR) is 57.6 cm³/mol. The smallest absolute Gasteiger partial charge is 0.0422 e. The van der Waals surface area contributed by atoms with Gasteiger partial charge in [0.1, 0.15) is 0 Å². The minimum atomic E-state index is -0.995. The van der Waals surface area contributed by atoms with Crippen LogP contribution < -0.4 is 5.11 Å². The van der Waals surface area contributed by atoms with Crippen LogP contribution in [0.1, 0.15) is 12.0 Å². The van der Waals surface area contributed by atoms with E-state index in [-0.39, 0.29) is 6.42 Å². The Hall–Kier alpha value is -1.22. The van der Waals surface area contributed by atoms with Gasteiger partial charge in [-0.25, -0.2) is 0 Å². The zero-order valence-electron chi connectivity index (χ0n) is 7.68. The molecule has 0 saturated heterocycles. The zero-order chi connectivity index (χ0) is 10.2. The number of aliphatic carboxylic acids is 1. The van der Waals surface area contributed by atoms with Gasteiger partial charge >= 0.3 is 0 Å². The van der Waals surface area contributed by atoms with Crippen molar-refractivity contribution < 1.29 is 9.90 Å². The molecule has 1 aromatic carbocycles. The van der Waals surface area contributed by atoms with Gasteiger partial charge in [0, 0.05) is 11.7 Å². The number of hydrogen-bond donors (Lipinski definition) is 0. The Kier molecular flexibility index (Phi) is 4.86. The fourth-order valence-corrected chi connectivity index (χ4v) is 1.58. The summed E-state index contributed by atoms with van der Waals surface area (Å²) in [4.78, 5) is 10.1. The van der Waals surface area contributed by atoms with E-state index in [0.717, 1.165) is 5.56 Å². The molecule has 0 aliphatic carbocycles. The van der Waals surface area contributed by atoms with Crippen molar-refractivity contribution in [2.45, 2.75) is 6.42 Å². The summed E-state index contributed by atoms with van der Waals surface area (Å²) in [6.45, 7) is 0. The molecule has 0 radical (unpaired) electrons. The highest BCUT2D eigenvalue weighted by atomic mass is 32.2. The van der Waals surface area contributed by atoms with Gasteiger partial charge in [0.2, 0.25) is 0 Å². The lowest BCUT2D eigenvalue weighted by atomic mass is 10.2. The first-order valence-corrected chi connectivity index (χ1v) is 5.37. The molecule has 0 aromatic heterocycles. The Balaban J connectivity index is 2.25. The molecule has 0 unspecified atom stereocenters. The molecule has 1 rings (SSSR count). The molecule has 0 heterocycles. The van der Waals surface area contributed by atoms with Crippen LogP contribution in [-0.4, -0.2) is 11.7 Å². The van der Waals surface area contributed by atoms with Crippen molar-refractivity contribution in [1.82, 2.24) is 0 Å². The number of carbonyl (C=O) groups is 1. The maximum atomic E-state index is 10.1. The third-order valence-electron chi connectivity index (χ3n) is 1.58. The molecule has 0 atom stereocenters. The van der Waals surface area contributed by atoms with Gasteiger partial charge in [-0.1, -0.05) is 30.3 Å². The fourth-order valence-electron chi connectivity index (χ4n) is 0.901. The molecule has 0 saturated carbocycles. The number of carboxylic acid groups (broad SMARTS) is 1. The summed E-state index contributed by atoms with van der Waals surface area (Å²) in [7, 11) is 0. The maximum absolute atomic E-state index is 10.1. The molecular formula is C11H11O2S-. The molecule has 14 heavy (non-hydrogen) atoms. The molecule has 2 nitrogen and oxygen atoms in total. The zero-order valence-corrected chi connectivity index (χ0v) is 8.50. The number of thioether (sulfide) groups is 1. The Morgan fingerprint density at radius 1 is 1.36 bits per heavy atom. The summed E-state index contributed by atoms with van der Waals surface area (Å²) in [6.07, 6.45) is 2.06. The number of carbonyl (C=O) groups excluding carboxylic acids is 1. The van der Waals surface area contributed by atoms with Gasteiger partial charge in [-0.2, -0.15) is 0 Å². The summed E-state index contributed by atoms with van der Waals surface area (Å²) in [6, 6.07) is 9.88. The van der Waals surface area contributed by atoms with Crippen LogP contribution >= 0.6 is 11.8 Å². The molecule has 0 bridgehead atoms. The van der Waals surface area contributed by atoms with Crippen molar-refractivity contribution in [2.75, 3.05) is 5.75 Å². The highest BCUT2D eigenvalue weighted by Crippen LogP contribution is 2.08. The van der Waals surface area contributed by atoms with Gasteiger partial charge in [0.05, 0.1) is 0 Å². The van der Waals surface area contributed by atoms with Gasteiger partial charge in [0.15, 0.2) is 0 Å². The largest absolute Gasteiger partial charge is 0.550 e. The van der Waals surface area contributed by atoms with Crippen LogP contribution in [0.5, 0.6) is 0 Å². The second-order valence-corrected chi connectivity index (χ2v) is 3.72. The predicted octanol–water partition coefficient (Wildman–Crippen LogP) is 1.53. The van der Waals surface area contributed by atoms with E-state index in [1.807, 2.05) is 41.8 Å². The minimum absolute atomic E-state index is 0.101. The second kappa shape index (κ2) is 6.27. The van der Waals surface area contributed by atoms with Crippen molar-refractivity contribution in [3.63, 3.8) is 0 Å². The summed E-state index contributed by atoms with van der Waals surface area (Å²) in [5.41, 5.74) is 1.12. The molecule has 3 heteroatoms. The van der Waals surface area contributed by atoms with E-state index in [9.17, 15) is 9.90 Å². The third kappa shape index (κ3) is 4.72. The molecule has 0 aliphatic rings. The lowest BCUT2D eigenvalue weighted by Gasteiger charge is -1.97. The number of benzene rings is 1. The van der Waals surface area contributed by atoms with Crippen LogP contribution in [0, 0.1) is 0 Å². The normalized spacial score (nSPS) is 10.6. The second-order valence-electron chi connectivity index (χ2n) is 2.71. The van der Waals surface area contributed by atoms with Crippen molar-refractivity contribution in [3.8, 4) is 0 Å². The van der Waals surface area contributed by atoms with E-state index in [2.05, 4.69) is 0 Å². The van der Waals surface area contributed by atoms with Gasteiger partial charge in [-0.15, -0.1) is 11.8 Å².